The van der Waals surface area contributed by atoms with Gasteiger partial charge in [0.05, 0.1) is 5.39 Å². The molecule has 3 aromatic rings. The molecule has 0 amide bonds. The zero-order valence-corrected chi connectivity index (χ0v) is 12.4. The molecule has 1 saturated heterocycles. The fourth-order valence-electron chi connectivity index (χ4n) is 2.89. The smallest absolute Gasteiger partial charge is 0.223 e. The first-order valence-electron chi connectivity index (χ1n) is 7.58. The van der Waals surface area contributed by atoms with E-state index in [1.54, 1.807) is 12.1 Å². The first-order valence-corrected chi connectivity index (χ1v) is 7.58. The van der Waals surface area contributed by atoms with Crippen molar-refractivity contribution in [2.75, 3.05) is 24.1 Å². The fraction of sp³-hybridized carbons (Fsp3) is 0.250. The number of H-pyrrole nitrogens is 1. The molecule has 118 valence electrons. The number of rotatable bonds is 3. The Labute approximate surface area is 132 Å². The number of nitrogens with two attached hydrogens (primary N) is 1. The van der Waals surface area contributed by atoms with Gasteiger partial charge < -0.3 is 21.4 Å². The highest BCUT2D eigenvalue weighted by Gasteiger charge is 2.18. The lowest BCUT2D eigenvalue weighted by Crippen LogP contribution is -2.23. The van der Waals surface area contributed by atoms with Crippen LogP contribution in [0.5, 0.6) is 0 Å². The average Bonchev–Trinajstić information content (AvgIpc) is 3.17. The van der Waals surface area contributed by atoms with Crippen molar-refractivity contribution in [3.05, 3.63) is 36.1 Å². The summed E-state index contributed by atoms with van der Waals surface area (Å²) < 4.78 is 13.1. The van der Waals surface area contributed by atoms with Gasteiger partial charge >= 0.3 is 0 Å². The van der Waals surface area contributed by atoms with Crippen molar-refractivity contribution in [1.29, 1.82) is 0 Å². The number of hydrogen-bond donors (Lipinski definition) is 4. The second kappa shape index (κ2) is 5.51. The number of nitrogen functional groups attached to an aromatic ring is 1. The molecule has 4 rings (SSSR count). The molecule has 1 atom stereocenters. The van der Waals surface area contributed by atoms with Crippen LogP contribution in [0.4, 0.5) is 16.2 Å². The van der Waals surface area contributed by atoms with E-state index in [1.807, 2.05) is 6.07 Å². The second-order valence-electron chi connectivity index (χ2n) is 5.72. The Kier molecular flexibility index (Phi) is 3.34. The minimum absolute atomic E-state index is 0.221. The molecule has 1 aromatic carbocycles. The molecule has 1 fully saturated rings. The Bertz CT molecular complexity index is 836. The predicted octanol–water partition coefficient (Wildman–Crippen LogP) is 2.12. The summed E-state index contributed by atoms with van der Waals surface area (Å²) in [7, 11) is 0. The van der Waals surface area contributed by atoms with E-state index in [2.05, 4.69) is 25.6 Å². The maximum Gasteiger partial charge on any atom is 0.223 e. The van der Waals surface area contributed by atoms with Crippen LogP contribution >= 0.6 is 0 Å². The van der Waals surface area contributed by atoms with E-state index < -0.39 is 0 Å². The van der Waals surface area contributed by atoms with E-state index in [1.165, 1.54) is 12.1 Å². The summed E-state index contributed by atoms with van der Waals surface area (Å²) in [5, 5.41) is 7.62. The molecule has 23 heavy (non-hydrogen) atoms. The van der Waals surface area contributed by atoms with Crippen molar-refractivity contribution in [3.63, 3.8) is 0 Å². The lowest BCUT2D eigenvalue weighted by atomic mass is 10.1. The molecule has 0 saturated carbocycles. The molecule has 1 aliphatic heterocycles. The van der Waals surface area contributed by atoms with E-state index in [0.717, 1.165) is 42.0 Å². The van der Waals surface area contributed by atoms with E-state index in [0.29, 0.717) is 11.7 Å². The van der Waals surface area contributed by atoms with E-state index in [4.69, 9.17) is 5.73 Å². The molecule has 0 spiro atoms. The first-order chi connectivity index (χ1) is 11.2. The molecule has 2 aromatic heterocycles. The fourth-order valence-corrected chi connectivity index (χ4v) is 2.89. The summed E-state index contributed by atoms with van der Waals surface area (Å²) in [5.74, 6) is 0.689. The highest BCUT2D eigenvalue weighted by atomic mass is 19.1. The summed E-state index contributed by atoms with van der Waals surface area (Å²) >= 11 is 0. The van der Waals surface area contributed by atoms with Crippen LogP contribution in [0.2, 0.25) is 0 Å². The van der Waals surface area contributed by atoms with Crippen LogP contribution in [-0.4, -0.2) is 34.1 Å². The van der Waals surface area contributed by atoms with Gasteiger partial charge in [0.1, 0.15) is 17.3 Å². The molecule has 5 N–H and O–H groups in total. The number of nitrogens with one attached hydrogen (secondary N) is 3. The molecule has 0 bridgehead atoms. The standard InChI is InChI=1S/C16H17FN6/c17-10-3-1-9(2-4-10)13-7-12-14(20-11-5-6-19-8-11)22-16(18)23-15(12)21-13/h1-4,7,11,19H,5-6,8H2,(H4,18,20,21,22,23)/t11-/m0/s1. The van der Waals surface area contributed by atoms with Crippen molar-refractivity contribution >= 4 is 22.8 Å². The minimum atomic E-state index is -0.259. The third-order valence-corrected chi connectivity index (χ3v) is 4.06. The molecular formula is C16H17FN6. The Morgan fingerprint density at radius 1 is 1.22 bits per heavy atom. The molecule has 0 radical (unpaired) electrons. The van der Waals surface area contributed by atoms with Gasteiger partial charge in [0.15, 0.2) is 0 Å². The van der Waals surface area contributed by atoms with Crippen molar-refractivity contribution in [1.82, 2.24) is 20.3 Å². The van der Waals surface area contributed by atoms with Crippen LogP contribution in [0.3, 0.4) is 0 Å². The van der Waals surface area contributed by atoms with E-state index >= 15 is 0 Å². The molecule has 0 unspecified atom stereocenters. The van der Waals surface area contributed by atoms with Crippen LogP contribution in [0, 0.1) is 5.82 Å². The van der Waals surface area contributed by atoms with Gasteiger partial charge in [0.2, 0.25) is 5.95 Å². The molecule has 0 aliphatic carbocycles. The Hall–Kier alpha value is -2.67. The SMILES string of the molecule is Nc1nc(N[C@H]2CCNC2)c2cc(-c3ccc(F)cc3)[nH]c2n1. The van der Waals surface area contributed by atoms with Crippen molar-refractivity contribution in [2.24, 2.45) is 0 Å². The van der Waals surface area contributed by atoms with Crippen molar-refractivity contribution < 1.29 is 4.39 Å². The largest absolute Gasteiger partial charge is 0.368 e. The van der Waals surface area contributed by atoms with Gasteiger partial charge in [-0.1, -0.05) is 0 Å². The Balaban J connectivity index is 1.76. The Morgan fingerprint density at radius 2 is 2.04 bits per heavy atom. The molecule has 1 aliphatic rings. The summed E-state index contributed by atoms with van der Waals surface area (Å²) in [5.41, 5.74) is 8.23. The molecule has 3 heterocycles. The van der Waals surface area contributed by atoms with Gasteiger partial charge in [-0.15, -0.1) is 0 Å². The first kappa shape index (κ1) is 14.0. The van der Waals surface area contributed by atoms with Gasteiger partial charge in [-0.2, -0.15) is 9.97 Å². The van der Waals surface area contributed by atoms with Crippen LogP contribution in [0.25, 0.3) is 22.3 Å². The summed E-state index contributed by atoms with van der Waals surface area (Å²) in [4.78, 5) is 11.8. The Morgan fingerprint density at radius 3 is 2.78 bits per heavy atom. The van der Waals surface area contributed by atoms with E-state index in [-0.39, 0.29) is 11.8 Å². The molecule has 6 nitrogen and oxygen atoms in total. The van der Waals surface area contributed by atoms with Gasteiger partial charge in [-0.25, -0.2) is 4.39 Å². The number of nitrogens with zero attached hydrogens (tertiary/aromatic N) is 2. The third-order valence-electron chi connectivity index (χ3n) is 4.06. The maximum absolute atomic E-state index is 13.1. The quantitative estimate of drug-likeness (QED) is 0.594. The highest BCUT2D eigenvalue weighted by molar-refractivity contribution is 5.92. The van der Waals surface area contributed by atoms with Crippen molar-refractivity contribution in [3.8, 4) is 11.3 Å². The van der Waals surface area contributed by atoms with Gasteiger partial charge in [-0.3, -0.25) is 0 Å². The number of benzene rings is 1. The molecule has 7 heteroatoms. The monoisotopic (exact) mass is 312 g/mol. The van der Waals surface area contributed by atoms with Gasteiger partial charge in [-0.05, 0) is 48.9 Å². The third kappa shape index (κ3) is 2.70. The lowest BCUT2D eigenvalue weighted by molar-refractivity contribution is 0.628. The topological polar surface area (TPSA) is 91.6 Å². The number of aromatic nitrogens is 3. The van der Waals surface area contributed by atoms with E-state index in [9.17, 15) is 4.39 Å². The highest BCUT2D eigenvalue weighted by Crippen LogP contribution is 2.28. The van der Waals surface area contributed by atoms with Gasteiger partial charge in [0.25, 0.3) is 0 Å². The van der Waals surface area contributed by atoms with Crippen LogP contribution < -0.4 is 16.4 Å². The number of aromatic amines is 1. The van der Waals surface area contributed by atoms with Crippen LogP contribution in [0.1, 0.15) is 6.42 Å². The predicted molar refractivity (Wildman–Crippen MR) is 88.6 cm³/mol. The number of fused-ring (bicyclic) bond motifs is 1. The summed E-state index contributed by atoms with van der Waals surface area (Å²) in [6.45, 7) is 1.90. The zero-order valence-electron chi connectivity index (χ0n) is 12.4. The lowest BCUT2D eigenvalue weighted by Gasteiger charge is -2.12. The van der Waals surface area contributed by atoms with Crippen LogP contribution in [-0.2, 0) is 0 Å². The summed E-state index contributed by atoms with van der Waals surface area (Å²) in [6.07, 6.45) is 1.04. The maximum atomic E-state index is 13.1. The normalized spacial score (nSPS) is 17.7. The number of hydrogen-bond acceptors (Lipinski definition) is 5. The summed E-state index contributed by atoms with van der Waals surface area (Å²) in [6, 6.07) is 8.62. The van der Waals surface area contributed by atoms with Crippen LogP contribution in [0.15, 0.2) is 30.3 Å². The average molecular weight is 312 g/mol. The second-order valence-corrected chi connectivity index (χ2v) is 5.72. The number of anilines is 2. The number of halogens is 1. The zero-order chi connectivity index (χ0) is 15.8. The minimum Gasteiger partial charge on any atom is -0.368 e. The molecular weight excluding hydrogens is 295 g/mol. The van der Waals surface area contributed by atoms with Gasteiger partial charge in [0, 0.05) is 18.3 Å². The van der Waals surface area contributed by atoms with Crippen molar-refractivity contribution in [2.45, 2.75) is 12.5 Å².